The molecule has 0 aromatic heterocycles. The zero-order chi connectivity index (χ0) is 12.7. The van der Waals surface area contributed by atoms with Crippen molar-refractivity contribution in [3.63, 3.8) is 0 Å². The van der Waals surface area contributed by atoms with Crippen molar-refractivity contribution < 1.29 is 5.11 Å². The first-order valence-electron chi connectivity index (χ1n) is 6.95. The number of β-amino-alcohol motifs (C(OH)–C–C–N with tert-alkyl or cyclic N) is 1. The molecule has 4 heteroatoms. The van der Waals surface area contributed by atoms with E-state index in [0.717, 1.165) is 52.4 Å². The Hall–Kier alpha value is -0.160. The fourth-order valence-electron chi connectivity index (χ4n) is 2.40. The maximum atomic E-state index is 10.1. The monoisotopic (exact) mass is 243 g/mol. The van der Waals surface area contributed by atoms with Crippen molar-refractivity contribution in [1.29, 1.82) is 0 Å². The highest BCUT2D eigenvalue weighted by molar-refractivity contribution is 4.73. The second-order valence-corrected chi connectivity index (χ2v) is 5.45. The maximum Gasteiger partial charge on any atom is 0.0793 e. The van der Waals surface area contributed by atoms with Crippen LogP contribution in [0, 0.1) is 5.92 Å². The quantitative estimate of drug-likeness (QED) is 0.671. The first kappa shape index (κ1) is 14.9. The van der Waals surface area contributed by atoms with Gasteiger partial charge in [-0.05, 0) is 12.5 Å². The van der Waals surface area contributed by atoms with Crippen LogP contribution in [0.25, 0.3) is 0 Å². The van der Waals surface area contributed by atoms with Crippen LogP contribution in [-0.4, -0.2) is 73.4 Å². The van der Waals surface area contributed by atoms with Crippen molar-refractivity contribution >= 4 is 0 Å². The molecule has 1 aliphatic heterocycles. The van der Waals surface area contributed by atoms with Gasteiger partial charge < -0.3 is 15.3 Å². The Bertz CT molecular complexity index is 193. The lowest BCUT2D eigenvalue weighted by molar-refractivity contribution is 0.0675. The van der Waals surface area contributed by atoms with E-state index in [0.29, 0.717) is 5.92 Å². The first-order chi connectivity index (χ1) is 8.11. The lowest BCUT2D eigenvalue weighted by Crippen LogP contribution is -2.48. The molecule has 0 amide bonds. The van der Waals surface area contributed by atoms with Crippen molar-refractivity contribution in [3.05, 3.63) is 0 Å². The molecule has 1 unspecified atom stereocenters. The second-order valence-electron chi connectivity index (χ2n) is 5.45. The third-order valence-electron chi connectivity index (χ3n) is 3.22. The normalized spacial score (nSPS) is 20.1. The van der Waals surface area contributed by atoms with Gasteiger partial charge in [-0.2, -0.15) is 0 Å². The molecule has 0 aromatic carbocycles. The third kappa shape index (κ3) is 6.36. The van der Waals surface area contributed by atoms with Gasteiger partial charge >= 0.3 is 0 Å². The molecule has 17 heavy (non-hydrogen) atoms. The first-order valence-corrected chi connectivity index (χ1v) is 6.95. The SMILES string of the molecule is CCN(CC(C)C)CC(O)CN1CCNCC1. The van der Waals surface area contributed by atoms with Crippen LogP contribution in [0.3, 0.4) is 0 Å². The van der Waals surface area contributed by atoms with Crippen molar-refractivity contribution in [2.75, 3.05) is 52.4 Å². The molecule has 102 valence electrons. The summed E-state index contributed by atoms with van der Waals surface area (Å²) in [5.41, 5.74) is 0. The number of aliphatic hydroxyl groups excluding tert-OH is 1. The Kier molecular flexibility index (Phi) is 7.04. The van der Waals surface area contributed by atoms with E-state index in [4.69, 9.17) is 0 Å². The van der Waals surface area contributed by atoms with Gasteiger partial charge in [-0.15, -0.1) is 0 Å². The molecular formula is C13H29N3O. The van der Waals surface area contributed by atoms with Gasteiger partial charge in [-0.1, -0.05) is 20.8 Å². The summed E-state index contributed by atoms with van der Waals surface area (Å²) in [5, 5.41) is 13.4. The third-order valence-corrected chi connectivity index (χ3v) is 3.22. The van der Waals surface area contributed by atoms with E-state index in [2.05, 4.69) is 35.9 Å². The smallest absolute Gasteiger partial charge is 0.0793 e. The number of hydrogen-bond donors (Lipinski definition) is 2. The lowest BCUT2D eigenvalue weighted by Gasteiger charge is -2.31. The van der Waals surface area contributed by atoms with E-state index in [1.165, 1.54) is 0 Å². The number of rotatable bonds is 7. The Labute approximate surface area is 106 Å². The fraction of sp³-hybridized carbons (Fsp3) is 1.00. The molecule has 4 nitrogen and oxygen atoms in total. The number of hydrogen-bond acceptors (Lipinski definition) is 4. The second kappa shape index (κ2) is 8.03. The Balaban J connectivity index is 2.23. The summed E-state index contributed by atoms with van der Waals surface area (Å²) < 4.78 is 0. The zero-order valence-electron chi connectivity index (χ0n) is 11.7. The number of nitrogens with one attached hydrogen (secondary N) is 1. The van der Waals surface area contributed by atoms with Crippen LogP contribution in [0.5, 0.6) is 0 Å². The maximum absolute atomic E-state index is 10.1. The molecule has 1 rings (SSSR count). The van der Waals surface area contributed by atoms with E-state index in [9.17, 15) is 5.11 Å². The van der Waals surface area contributed by atoms with E-state index >= 15 is 0 Å². The molecule has 2 N–H and O–H groups in total. The van der Waals surface area contributed by atoms with Crippen LogP contribution < -0.4 is 5.32 Å². The molecule has 1 saturated heterocycles. The number of piperazine rings is 1. The molecule has 1 fully saturated rings. The highest BCUT2D eigenvalue weighted by atomic mass is 16.3. The van der Waals surface area contributed by atoms with Crippen LogP contribution >= 0.6 is 0 Å². The van der Waals surface area contributed by atoms with Gasteiger partial charge in [0.05, 0.1) is 6.10 Å². The van der Waals surface area contributed by atoms with Crippen LogP contribution in [-0.2, 0) is 0 Å². The summed E-state index contributed by atoms with van der Waals surface area (Å²) in [4.78, 5) is 4.70. The van der Waals surface area contributed by atoms with E-state index in [1.54, 1.807) is 0 Å². The number of nitrogens with zero attached hydrogens (tertiary/aromatic N) is 2. The van der Waals surface area contributed by atoms with Crippen LogP contribution in [0.1, 0.15) is 20.8 Å². The van der Waals surface area contributed by atoms with Gasteiger partial charge in [-0.25, -0.2) is 0 Å². The predicted molar refractivity (Wildman–Crippen MR) is 72.3 cm³/mol. The molecule has 0 radical (unpaired) electrons. The Morgan fingerprint density at radius 3 is 2.41 bits per heavy atom. The van der Waals surface area contributed by atoms with Crippen molar-refractivity contribution in [1.82, 2.24) is 15.1 Å². The molecule has 0 saturated carbocycles. The predicted octanol–water partition coefficient (Wildman–Crippen LogP) is 0.230. The van der Waals surface area contributed by atoms with Crippen LogP contribution in [0.15, 0.2) is 0 Å². The van der Waals surface area contributed by atoms with Gasteiger partial charge in [0.25, 0.3) is 0 Å². The average Bonchev–Trinajstić information content (AvgIpc) is 2.28. The summed E-state index contributed by atoms with van der Waals surface area (Å²) in [6, 6.07) is 0. The standard InChI is InChI=1S/C13H29N3O/c1-4-15(9-12(2)3)10-13(17)11-16-7-5-14-6-8-16/h12-14,17H,4-11H2,1-3H3. The van der Waals surface area contributed by atoms with Crippen molar-refractivity contribution in [3.8, 4) is 0 Å². The summed E-state index contributed by atoms with van der Waals surface area (Å²) in [6.07, 6.45) is -0.216. The Morgan fingerprint density at radius 1 is 1.24 bits per heavy atom. The molecule has 0 aliphatic carbocycles. The van der Waals surface area contributed by atoms with Crippen LogP contribution in [0.2, 0.25) is 0 Å². The van der Waals surface area contributed by atoms with Crippen molar-refractivity contribution in [2.45, 2.75) is 26.9 Å². The fourth-order valence-corrected chi connectivity index (χ4v) is 2.40. The molecular weight excluding hydrogens is 214 g/mol. The molecule has 0 bridgehead atoms. The zero-order valence-corrected chi connectivity index (χ0v) is 11.7. The molecule has 1 heterocycles. The Morgan fingerprint density at radius 2 is 1.88 bits per heavy atom. The van der Waals surface area contributed by atoms with Gasteiger partial charge in [0, 0.05) is 45.8 Å². The minimum Gasteiger partial charge on any atom is -0.390 e. The average molecular weight is 243 g/mol. The highest BCUT2D eigenvalue weighted by Crippen LogP contribution is 2.02. The minimum atomic E-state index is -0.216. The summed E-state index contributed by atoms with van der Waals surface area (Å²) in [5.74, 6) is 0.668. The highest BCUT2D eigenvalue weighted by Gasteiger charge is 2.16. The number of likely N-dealkylation sites (N-methyl/N-ethyl adjacent to an activating group) is 1. The molecule has 1 atom stereocenters. The van der Waals surface area contributed by atoms with Gasteiger partial charge in [0.1, 0.15) is 0 Å². The van der Waals surface area contributed by atoms with Gasteiger partial charge in [0.2, 0.25) is 0 Å². The lowest BCUT2D eigenvalue weighted by atomic mass is 10.2. The number of aliphatic hydroxyl groups is 1. The van der Waals surface area contributed by atoms with Crippen molar-refractivity contribution in [2.24, 2.45) is 5.92 Å². The van der Waals surface area contributed by atoms with E-state index in [1.807, 2.05) is 0 Å². The van der Waals surface area contributed by atoms with Crippen LogP contribution in [0.4, 0.5) is 0 Å². The summed E-state index contributed by atoms with van der Waals surface area (Å²) >= 11 is 0. The van der Waals surface area contributed by atoms with E-state index < -0.39 is 0 Å². The van der Waals surface area contributed by atoms with E-state index in [-0.39, 0.29) is 6.10 Å². The molecule has 1 aliphatic rings. The summed E-state index contributed by atoms with van der Waals surface area (Å²) in [7, 11) is 0. The topological polar surface area (TPSA) is 38.7 Å². The summed E-state index contributed by atoms with van der Waals surface area (Å²) in [6.45, 7) is 14.6. The van der Waals surface area contributed by atoms with Gasteiger partial charge in [-0.3, -0.25) is 4.90 Å². The van der Waals surface area contributed by atoms with Gasteiger partial charge in [0.15, 0.2) is 0 Å². The largest absolute Gasteiger partial charge is 0.390 e. The minimum absolute atomic E-state index is 0.216. The molecule has 0 spiro atoms. The molecule has 0 aromatic rings.